The predicted octanol–water partition coefficient (Wildman–Crippen LogP) is 3.04. The van der Waals surface area contributed by atoms with Crippen molar-refractivity contribution in [3.63, 3.8) is 0 Å². The van der Waals surface area contributed by atoms with Crippen molar-refractivity contribution in [1.29, 1.82) is 0 Å². The van der Waals surface area contributed by atoms with Crippen LogP contribution >= 0.6 is 24.0 Å². The van der Waals surface area contributed by atoms with E-state index in [1.54, 1.807) is 27.2 Å². The lowest BCUT2D eigenvalue weighted by Crippen LogP contribution is -2.43. The van der Waals surface area contributed by atoms with Gasteiger partial charge in [0.2, 0.25) is 0 Å². The summed E-state index contributed by atoms with van der Waals surface area (Å²) in [5.74, 6) is 3.53. The van der Waals surface area contributed by atoms with Crippen LogP contribution < -0.4 is 20.1 Å². The molecular weight excluding hydrogens is 535 g/mol. The van der Waals surface area contributed by atoms with Crippen molar-refractivity contribution in [1.82, 2.24) is 15.5 Å². The molecule has 8 nitrogen and oxygen atoms in total. The number of fused-ring (bicyclic) bond motifs is 1. The topological polar surface area (TPSA) is 91.5 Å². The minimum Gasteiger partial charge on any atom is -0.493 e. The number of aryl methyl sites for hydroxylation is 1. The molecule has 2 aromatic rings. The minimum atomic E-state index is -1.16. The fourth-order valence-corrected chi connectivity index (χ4v) is 3.84. The quantitative estimate of drug-likeness (QED) is 0.242. The fourth-order valence-electron chi connectivity index (χ4n) is 3.84. The zero-order chi connectivity index (χ0) is 23.1. The van der Waals surface area contributed by atoms with Gasteiger partial charge in [-0.05, 0) is 62.6 Å². The summed E-state index contributed by atoms with van der Waals surface area (Å²) in [6.07, 6.45) is 0.981. The van der Waals surface area contributed by atoms with E-state index in [2.05, 4.69) is 32.7 Å². The first-order valence-corrected chi connectivity index (χ1v) is 11.1. The highest BCUT2D eigenvalue weighted by Gasteiger charge is 2.27. The van der Waals surface area contributed by atoms with Gasteiger partial charge in [-0.1, -0.05) is 0 Å². The van der Waals surface area contributed by atoms with Crippen LogP contribution in [0.25, 0.3) is 0 Å². The Bertz CT molecular complexity index is 929. The Hall–Kier alpha value is -1.98. The summed E-state index contributed by atoms with van der Waals surface area (Å²) < 4.78 is 16.5. The summed E-state index contributed by atoms with van der Waals surface area (Å²) in [5, 5.41) is 17.3. The van der Waals surface area contributed by atoms with Gasteiger partial charge in [-0.15, -0.1) is 24.0 Å². The molecule has 1 aliphatic rings. The second-order valence-corrected chi connectivity index (χ2v) is 8.31. The minimum absolute atomic E-state index is 0. The van der Waals surface area contributed by atoms with E-state index in [0.29, 0.717) is 11.7 Å². The number of rotatable bonds is 9. The zero-order valence-electron chi connectivity index (χ0n) is 20.2. The largest absolute Gasteiger partial charge is 0.493 e. The van der Waals surface area contributed by atoms with Crippen LogP contribution in [-0.2, 0) is 18.6 Å². The van der Waals surface area contributed by atoms with Crippen LogP contribution in [0.1, 0.15) is 36.5 Å². The van der Waals surface area contributed by atoms with E-state index in [1.165, 1.54) is 11.1 Å². The van der Waals surface area contributed by atoms with Gasteiger partial charge in [-0.25, -0.2) is 4.99 Å². The van der Waals surface area contributed by atoms with E-state index in [0.717, 1.165) is 56.4 Å². The summed E-state index contributed by atoms with van der Waals surface area (Å²) in [7, 11) is 3.34. The van der Waals surface area contributed by atoms with Crippen LogP contribution in [0.3, 0.4) is 0 Å². The SMILES string of the molecule is CCNC(=NCC(C)(O)c1ccc(C)o1)NCCN1CCc2cc(OC)c(OC)cc2C1.I. The number of ether oxygens (including phenoxy) is 2. The molecule has 3 N–H and O–H groups in total. The first-order chi connectivity index (χ1) is 15.4. The fraction of sp³-hybridized carbons (Fsp3) is 0.542. The lowest BCUT2D eigenvalue weighted by Gasteiger charge is -2.29. The molecule has 0 aliphatic carbocycles. The third-order valence-electron chi connectivity index (χ3n) is 5.68. The molecule has 0 bridgehead atoms. The van der Waals surface area contributed by atoms with Crippen LogP contribution in [0.15, 0.2) is 33.7 Å². The highest BCUT2D eigenvalue weighted by molar-refractivity contribution is 14.0. The Morgan fingerprint density at radius 3 is 2.48 bits per heavy atom. The molecule has 2 heterocycles. The molecule has 0 saturated heterocycles. The first kappa shape index (κ1) is 27.3. The summed E-state index contributed by atoms with van der Waals surface area (Å²) >= 11 is 0. The standard InChI is InChI=1S/C24H36N4O4.HI/c1-6-25-23(27-16-24(3,29)22-8-7-17(2)32-22)26-10-12-28-11-9-18-13-20(30-4)21(31-5)14-19(18)15-28;/h7-8,13-14,29H,6,9-12,15-16H2,1-5H3,(H2,25,26,27);1H. The second kappa shape index (κ2) is 12.5. The number of methoxy groups -OCH3 is 2. The molecule has 0 radical (unpaired) electrons. The van der Waals surface area contributed by atoms with Crippen molar-refractivity contribution >= 4 is 29.9 Å². The number of aliphatic hydroxyl groups is 1. The number of furan rings is 1. The number of nitrogens with zero attached hydrogens (tertiary/aromatic N) is 2. The number of benzene rings is 1. The van der Waals surface area contributed by atoms with Crippen LogP contribution in [0.4, 0.5) is 0 Å². The molecule has 0 fully saturated rings. The van der Waals surface area contributed by atoms with Gasteiger partial charge in [-0.2, -0.15) is 0 Å². The van der Waals surface area contributed by atoms with Gasteiger partial charge in [0, 0.05) is 32.7 Å². The van der Waals surface area contributed by atoms with Crippen molar-refractivity contribution in [2.24, 2.45) is 4.99 Å². The number of guanidine groups is 1. The molecule has 9 heteroatoms. The average molecular weight is 572 g/mol. The first-order valence-electron chi connectivity index (χ1n) is 11.1. The van der Waals surface area contributed by atoms with Gasteiger partial charge in [0.25, 0.3) is 0 Å². The molecule has 1 aromatic heterocycles. The van der Waals surface area contributed by atoms with Crippen LogP contribution in [-0.4, -0.2) is 62.9 Å². The molecule has 33 heavy (non-hydrogen) atoms. The van der Waals surface area contributed by atoms with Crippen molar-refractivity contribution in [3.8, 4) is 11.5 Å². The normalized spacial score (nSPS) is 15.8. The highest BCUT2D eigenvalue weighted by atomic mass is 127. The third-order valence-corrected chi connectivity index (χ3v) is 5.68. The Balaban J connectivity index is 0.00000385. The number of hydrogen-bond donors (Lipinski definition) is 3. The maximum Gasteiger partial charge on any atom is 0.191 e. The maximum atomic E-state index is 10.7. The molecule has 1 aromatic carbocycles. The Labute approximate surface area is 213 Å². The van der Waals surface area contributed by atoms with Gasteiger partial charge in [0.05, 0.1) is 20.8 Å². The van der Waals surface area contributed by atoms with Crippen LogP contribution in [0, 0.1) is 6.92 Å². The Morgan fingerprint density at radius 1 is 1.18 bits per heavy atom. The van der Waals surface area contributed by atoms with Gasteiger partial charge < -0.3 is 29.6 Å². The van der Waals surface area contributed by atoms with Crippen molar-refractivity contribution in [3.05, 3.63) is 46.9 Å². The molecule has 1 unspecified atom stereocenters. The zero-order valence-corrected chi connectivity index (χ0v) is 22.6. The third kappa shape index (κ3) is 7.25. The molecule has 1 atom stereocenters. The van der Waals surface area contributed by atoms with Crippen molar-refractivity contribution < 1.29 is 19.0 Å². The smallest absolute Gasteiger partial charge is 0.191 e. The van der Waals surface area contributed by atoms with Crippen LogP contribution in [0.2, 0.25) is 0 Å². The van der Waals surface area contributed by atoms with Gasteiger partial charge >= 0.3 is 0 Å². The second-order valence-electron chi connectivity index (χ2n) is 8.31. The van der Waals surface area contributed by atoms with E-state index in [-0.39, 0.29) is 30.5 Å². The molecule has 184 valence electrons. The summed E-state index contributed by atoms with van der Waals surface area (Å²) in [6.45, 7) is 10.0. The number of nitrogens with one attached hydrogen (secondary N) is 2. The molecule has 0 saturated carbocycles. The summed E-state index contributed by atoms with van der Waals surface area (Å²) in [6, 6.07) is 7.81. The lowest BCUT2D eigenvalue weighted by molar-refractivity contribution is 0.0428. The van der Waals surface area contributed by atoms with E-state index in [4.69, 9.17) is 13.9 Å². The van der Waals surface area contributed by atoms with E-state index >= 15 is 0 Å². The van der Waals surface area contributed by atoms with Gasteiger partial charge in [-0.3, -0.25) is 4.90 Å². The molecular formula is C24H37IN4O4. The number of hydrogen-bond acceptors (Lipinski definition) is 6. The summed E-state index contributed by atoms with van der Waals surface area (Å²) in [4.78, 5) is 6.98. The molecule has 1 aliphatic heterocycles. The lowest BCUT2D eigenvalue weighted by atomic mass is 9.99. The average Bonchev–Trinajstić information content (AvgIpc) is 3.23. The van der Waals surface area contributed by atoms with Crippen LogP contribution in [0.5, 0.6) is 11.5 Å². The molecule has 0 amide bonds. The Kier molecular flexibility index (Phi) is 10.3. The van der Waals surface area contributed by atoms with Gasteiger partial charge in [0.15, 0.2) is 17.5 Å². The predicted molar refractivity (Wildman–Crippen MR) is 141 cm³/mol. The van der Waals surface area contributed by atoms with Crippen molar-refractivity contribution in [2.45, 2.75) is 39.3 Å². The highest BCUT2D eigenvalue weighted by Crippen LogP contribution is 2.33. The number of aliphatic imine (C=N–C) groups is 1. The number of halogens is 1. The molecule has 3 rings (SSSR count). The van der Waals surface area contributed by atoms with E-state index in [9.17, 15) is 5.11 Å². The van der Waals surface area contributed by atoms with E-state index in [1.807, 2.05) is 19.9 Å². The molecule has 0 spiro atoms. The monoisotopic (exact) mass is 572 g/mol. The van der Waals surface area contributed by atoms with Gasteiger partial charge in [0.1, 0.15) is 17.1 Å². The maximum absolute atomic E-state index is 10.7. The Morgan fingerprint density at radius 2 is 1.88 bits per heavy atom. The van der Waals surface area contributed by atoms with Crippen molar-refractivity contribution in [2.75, 3.05) is 46.9 Å². The van der Waals surface area contributed by atoms with E-state index < -0.39 is 5.60 Å². The summed E-state index contributed by atoms with van der Waals surface area (Å²) in [5.41, 5.74) is 1.43.